The Morgan fingerprint density at radius 3 is 2.61 bits per heavy atom. The molecular formula is C13H19NO4. The highest BCUT2D eigenvalue weighted by Crippen LogP contribution is 2.32. The maximum Gasteiger partial charge on any atom is 0.411 e. The third-order valence-electron chi connectivity index (χ3n) is 3.16. The Morgan fingerprint density at radius 2 is 2.06 bits per heavy atom. The van der Waals surface area contributed by atoms with Gasteiger partial charge in [0.2, 0.25) is 0 Å². The van der Waals surface area contributed by atoms with Crippen molar-refractivity contribution in [2.45, 2.75) is 31.2 Å². The van der Waals surface area contributed by atoms with Crippen molar-refractivity contribution < 1.29 is 19.4 Å². The van der Waals surface area contributed by atoms with E-state index in [0.717, 1.165) is 12.8 Å². The van der Waals surface area contributed by atoms with Crippen molar-refractivity contribution in [2.24, 2.45) is 0 Å². The monoisotopic (exact) mass is 253 g/mol. The third kappa shape index (κ3) is 2.72. The molecule has 0 aromatic carbocycles. The fraction of sp³-hybridized carbons (Fsp3) is 0.538. The predicted molar refractivity (Wildman–Crippen MR) is 67.3 cm³/mol. The summed E-state index contributed by atoms with van der Waals surface area (Å²) in [5.41, 5.74) is -1.21. The first-order valence-electron chi connectivity index (χ1n) is 5.98. The molecule has 1 aliphatic heterocycles. The van der Waals surface area contributed by atoms with Crippen LogP contribution in [0.5, 0.6) is 0 Å². The molecular weight excluding hydrogens is 234 g/mol. The van der Waals surface area contributed by atoms with Gasteiger partial charge >= 0.3 is 12.1 Å². The van der Waals surface area contributed by atoms with E-state index in [1.54, 1.807) is 0 Å². The zero-order valence-electron chi connectivity index (χ0n) is 10.4. The van der Waals surface area contributed by atoms with Crippen LogP contribution < -0.4 is 0 Å². The van der Waals surface area contributed by atoms with Gasteiger partial charge in [0.1, 0.15) is 12.1 Å². The highest BCUT2D eigenvalue weighted by atomic mass is 16.6. The molecule has 0 aliphatic carbocycles. The average molecular weight is 253 g/mol. The second kappa shape index (κ2) is 6.23. The van der Waals surface area contributed by atoms with E-state index in [2.05, 4.69) is 13.2 Å². The van der Waals surface area contributed by atoms with E-state index in [9.17, 15) is 14.7 Å². The Morgan fingerprint density at radius 1 is 1.33 bits per heavy atom. The lowest BCUT2D eigenvalue weighted by Crippen LogP contribution is -2.59. The molecule has 18 heavy (non-hydrogen) atoms. The molecule has 0 bridgehead atoms. The van der Waals surface area contributed by atoms with Crippen molar-refractivity contribution in [3.63, 3.8) is 0 Å². The Bertz CT molecular complexity index is 353. The van der Waals surface area contributed by atoms with Crippen molar-refractivity contribution in [3.8, 4) is 0 Å². The zero-order valence-corrected chi connectivity index (χ0v) is 10.4. The summed E-state index contributed by atoms with van der Waals surface area (Å²) >= 11 is 0. The lowest BCUT2D eigenvalue weighted by molar-refractivity contribution is -0.152. The summed E-state index contributed by atoms with van der Waals surface area (Å²) in [6.45, 7) is 7.52. The first kappa shape index (κ1) is 14.3. The first-order valence-corrected chi connectivity index (χ1v) is 5.98. The van der Waals surface area contributed by atoms with Gasteiger partial charge in [-0.15, -0.1) is 6.58 Å². The van der Waals surface area contributed by atoms with Crippen LogP contribution >= 0.6 is 0 Å². The van der Waals surface area contributed by atoms with Gasteiger partial charge in [-0.25, -0.2) is 9.59 Å². The number of likely N-dealkylation sites (tertiary alicyclic amines) is 1. The normalized spacial score (nSPS) is 23.2. The molecule has 1 fully saturated rings. The summed E-state index contributed by atoms with van der Waals surface area (Å²) in [5.74, 6) is -1.00. The number of carboxylic acid groups (broad SMARTS) is 1. The molecule has 1 N–H and O–H groups in total. The second-order valence-corrected chi connectivity index (χ2v) is 4.30. The van der Waals surface area contributed by atoms with Crippen LogP contribution in [0.25, 0.3) is 0 Å². The van der Waals surface area contributed by atoms with Crippen LogP contribution in [-0.2, 0) is 9.53 Å². The van der Waals surface area contributed by atoms with Crippen LogP contribution in [0.3, 0.4) is 0 Å². The van der Waals surface area contributed by atoms with Crippen LogP contribution in [0.1, 0.15) is 25.7 Å². The molecule has 0 aromatic rings. The van der Waals surface area contributed by atoms with Crippen molar-refractivity contribution in [2.75, 3.05) is 13.2 Å². The molecule has 5 heteroatoms. The molecule has 0 spiro atoms. The maximum absolute atomic E-state index is 11.9. The Kier molecular flexibility index (Phi) is 4.95. The molecule has 100 valence electrons. The van der Waals surface area contributed by atoms with Gasteiger partial charge in [-0.1, -0.05) is 18.7 Å². The van der Waals surface area contributed by atoms with E-state index in [-0.39, 0.29) is 13.0 Å². The van der Waals surface area contributed by atoms with E-state index in [1.165, 1.54) is 17.1 Å². The second-order valence-electron chi connectivity index (χ2n) is 4.30. The zero-order chi connectivity index (χ0) is 13.6. The number of carboxylic acids is 1. The molecule has 1 heterocycles. The number of carbonyl (C=O) groups is 2. The maximum atomic E-state index is 11.9. The standard InChI is InChI=1S/C13H19NO4/c1-3-7-13(11(15)16)8-5-6-9-14(13)12(17)18-10-4-2/h3-4H,1-2,5-10H2,(H,15,16). The summed E-state index contributed by atoms with van der Waals surface area (Å²) in [6, 6.07) is 0. The van der Waals surface area contributed by atoms with Crippen LogP contribution in [0.4, 0.5) is 4.79 Å². The molecule has 0 saturated carbocycles. The summed E-state index contributed by atoms with van der Waals surface area (Å²) in [7, 11) is 0. The van der Waals surface area contributed by atoms with Crippen molar-refractivity contribution in [1.29, 1.82) is 0 Å². The van der Waals surface area contributed by atoms with E-state index in [1.807, 2.05) is 0 Å². The van der Waals surface area contributed by atoms with Gasteiger partial charge in [0.15, 0.2) is 0 Å². The molecule has 0 radical (unpaired) electrons. The number of amides is 1. The van der Waals surface area contributed by atoms with Gasteiger partial charge in [-0.2, -0.15) is 0 Å². The molecule has 0 aromatic heterocycles. The Labute approximate surface area is 107 Å². The van der Waals surface area contributed by atoms with E-state index >= 15 is 0 Å². The molecule has 1 aliphatic rings. The van der Waals surface area contributed by atoms with Crippen molar-refractivity contribution >= 4 is 12.1 Å². The summed E-state index contributed by atoms with van der Waals surface area (Å²) < 4.78 is 4.95. The minimum atomic E-state index is -1.21. The van der Waals surface area contributed by atoms with Crippen LogP contribution in [0.15, 0.2) is 25.3 Å². The number of ether oxygens (including phenoxy) is 1. The number of piperidine rings is 1. The fourth-order valence-corrected chi connectivity index (χ4v) is 2.27. The molecule has 1 unspecified atom stereocenters. The van der Waals surface area contributed by atoms with Crippen molar-refractivity contribution in [3.05, 3.63) is 25.3 Å². The van der Waals surface area contributed by atoms with Gasteiger partial charge in [0, 0.05) is 6.54 Å². The van der Waals surface area contributed by atoms with Gasteiger partial charge < -0.3 is 9.84 Å². The number of hydrogen-bond acceptors (Lipinski definition) is 3. The summed E-state index contributed by atoms with van der Waals surface area (Å²) in [6.07, 6.45) is 4.62. The minimum Gasteiger partial charge on any atom is -0.479 e. The topological polar surface area (TPSA) is 66.8 Å². The molecule has 1 saturated heterocycles. The molecule has 1 amide bonds. The van der Waals surface area contributed by atoms with Gasteiger partial charge in [-0.3, -0.25) is 4.90 Å². The number of rotatable bonds is 5. The highest BCUT2D eigenvalue weighted by Gasteiger charge is 2.47. The van der Waals surface area contributed by atoms with Gasteiger partial charge in [0.25, 0.3) is 0 Å². The summed E-state index contributed by atoms with van der Waals surface area (Å²) in [4.78, 5) is 24.8. The molecule has 1 atom stereocenters. The molecule has 5 nitrogen and oxygen atoms in total. The number of nitrogens with zero attached hydrogens (tertiary/aromatic N) is 1. The SMILES string of the molecule is C=CCOC(=O)N1CCCCC1(CC=C)C(=O)O. The van der Waals surface area contributed by atoms with E-state index in [4.69, 9.17) is 4.74 Å². The third-order valence-corrected chi connectivity index (χ3v) is 3.16. The largest absolute Gasteiger partial charge is 0.479 e. The molecule has 1 rings (SSSR count). The fourth-order valence-electron chi connectivity index (χ4n) is 2.27. The van der Waals surface area contributed by atoms with Gasteiger partial charge in [0.05, 0.1) is 0 Å². The number of aliphatic carboxylic acids is 1. The Hall–Kier alpha value is -1.78. The minimum absolute atomic E-state index is 0.0825. The quantitative estimate of drug-likeness (QED) is 0.763. The average Bonchev–Trinajstić information content (AvgIpc) is 2.36. The number of carbonyl (C=O) groups excluding carboxylic acids is 1. The lowest BCUT2D eigenvalue weighted by Gasteiger charge is -2.42. The van der Waals surface area contributed by atoms with Gasteiger partial charge in [-0.05, 0) is 25.7 Å². The van der Waals surface area contributed by atoms with Crippen LogP contribution in [0, 0.1) is 0 Å². The predicted octanol–water partition coefficient (Wildman–Crippen LogP) is 2.19. The van der Waals surface area contributed by atoms with E-state index in [0.29, 0.717) is 13.0 Å². The smallest absolute Gasteiger partial charge is 0.411 e. The van der Waals surface area contributed by atoms with Crippen LogP contribution in [-0.4, -0.2) is 40.8 Å². The van der Waals surface area contributed by atoms with Crippen molar-refractivity contribution in [1.82, 2.24) is 4.90 Å². The van der Waals surface area contributed by atoms with Crippen LogP contribution in [0.2, 0.25) is 0 Å². The highest BCUT2D eigenvalue weighted by molar-refractivity contribution is 5.85. The van der Waals surface area contributed by atoms with E-state index < -0.39 is 17.6 Å². The Balaban J connectivity index is 2.94. The lowest BCUT2D eigenvalue weighted by atomic mass is 9.84. The summed E-state index contributed by atoms with van der Waals surface area (Å²) in [5, 5.41) is 9.45. The number of hydrogen-bond donors (Lipinski definition) is 1. The first-order chi connectivity index (χ1) is 8.58.